The van der Waals surface area contributed by atoms with Crippen LogP contribution < -0.4 is 5.32 Å². The predicted octanol–water partition coefficient (Wildman–Crippen LogP) is 3.24. The standard InChI is InChI=1S/C24H26N2O3/c27-22(25-14-4-2-1-3-5-14)13-6-8-15(9-7-13)26-23(28)20-16-10-11-17(19-12-18(16)19)21(20)24(26)29/h1-5,10-11,13,15-21H,6-9,12H2,(H,25,27)/t13?,15?,16-,17+,18-,19-,20+,21-/m1/s1. The predicted molar refractivity (Wildman–Crippen MR) is 107 cm³/mol. The molecule has 29 heavy (non-hydrogen) atoms. The average molecular weight is 390 g/mol. The van der Waals surface area contributed by atoms with Crippen molar-refractivity contribution in [2.45, 2.75) is 38.1 Å². The summed E-state index contributed by atoms with van der Waals surface area (Å²) in [7, 11) is 0. The van der Waals surface area contributed by atoms with Crippen LogP contribution in [-0.4, -0.2) is 28.7 Å². The Kier molecular flexibility index (Phi) is 3.78. The summed E-state index contributed by atoms with van der Waals surface area (Å²) in [5, 5.41) is 2.99. The minimum atomic E-state index is -0.111. The highest BCUT2D eigenvalue weighted by Crippen LogP contribution is 2.65. The maximum atomic E-state index is 13.3. The molecule has 7 rings (SSSR count). The molecule has 4 fully saturated rings. The van der Waals surface area contributed by atoms with Crippen LogP contribution in [0.3, 0.4) is 0 Å². The number of para-hydroxylation sites is 1. The third-order valence-electron chi connectivity index (χ3n) is 8.17. The van der Waals surface area contributed by atoms with Crippen LogP contribution in [0.4, 0.5) is 5.69 Å². The Bertz CT molecular complexity index is 866. The average Bonchev–Trinajstić information content (AvgIpc) is 3.53. The molecular formula is C24H26N2O3. The van der Waals surface area contributed by atoms with Crippen LogP contribution in [0.25, 0.3) is 0 Å². The van der Waals surface area contributed by atoms with Crippen molar-refractivity contribution in [2.75, 3.05) is 5.32 Å². The van der Waals surface area contributed by atoms with Crippen LogP contribution in [-0.2, 0) is 14.4 Å². The van der Waals surface area contributed by atoms with Crippen molar-refractivity contribution in [3.63, 3.8) is 0 Å². The van der Waals surface area contributed by atoms with E-state index in [2.05, 4.69) is 17.5 Å². The summed E-state index contributed by atoms with van der Waals surface area (Å²) in [4.78, 5) is 40.7. The highest BCUT2D eigenvalue weighted by Gasteiger charge is 2.67. The Morgan fingerprint density at radius 2 is 1.45 bits per heavy atom. The molecule has 5 aliphatic carbocycles. The Labute approximate surface area is 170 Å². The molecule has 5 heteroatoms. The number of imide groups is 1. The van der Waals surface area contributed by atoms with E-state index >= 15 is 0 Å². The molecule has 1 heterocycles. The number of hydrogen-bond donors (Lipinski definition) is 1. The third kappa shape index (κ3) is 2.55. The molecule has 1 aromatic rings. The highest BCUT2D eigenvalue weighted by molar-refractivity contribution is 6.06. The van der Waals surface area contributed by atoms with Crippen molar-refractivity contribution >= 4 is 23.4 Å². The summed E-state index contributed by atoms with van der Waals surface area (Å²) < 4.78 is 0. The molecule has 6 atom stereocenters. The van der Waals surface area contributed by atoms with Gasteiger partial charge < -0.3 is 5.32 Å². The molecule has 1 N–H and O–H groups in total. The topological polar surface area (TPSA) is 66.5 Å². The zero-order valence-corrected chi connectivity index (χ0v) is 16.4. The number of amides is 3. The fourth-order valence-electron chi connectivity index (χ4n) is 6.70. The number of nitrogens with zero attached hydrogens (tertiary/aromatic N) is 1. The van der Waals surface area contributed by atoms with Gasteiger partial charge in [0.15, 0.2) is 0 Å². The van der Waals surface area contributed by atoms with Crippen LogP contribution in [0.1, 0.15) is 32.1 Å². The van der Waals surface area contributed by atoms with E-state index in [1.54, 1.807) is 4.90 Å². The summed E-state index contributed by atoms with van der Waals surface area (Å²) in [6.07, 6.45) is 8.56. The van der Waals surface area contributed by atoms with Gasteiger partial charge in [-0.2, -0.15) is 0 Å². The van der Waals surface area contributed by atoms with Crippen LogP contribution in [0, 0.1) is 41.4 Å². The van der Waals surface area contributed by atoms with Crippen molar-refractivity contribution < 1.29 is 14.4 Å². The van der Waals surface area contributed by atoms with Gasteiger partial charge in [0.2, 0.25) is 17.7 Å². The van der Waals surface area contributed by atoms with Gasteiger partial charge in [-0.25, -0.2) is 0 Å². The van der Waals surface area contributed by atoms with Crippen molar-refractivity contribution in [1.82, 2.24) is 4.90 Å². The maximum absolute atomic E-state index is 13.3. The molecule has 1 saturated heterocycles. The second-order valence-electron chi connectivity index (χ2n) is 9.56. The first-order valence-corrected chi connectivity index (χ1v) is 11.0. The fourth-order valence-corrected chi connectivity index (χ4v) is 6.70. The van der Waals surface area contributed by atoms with E-state index in [0.29, 0.717) is 11.8 Å². The minimum Gasteiger partial charge on any atom is -0.326 e. The number of carbonyl (C=O) groups is 3. The lowest BCUT2D eigenvalue weighted by molar-refractivity contribution is -0.144. The molecule has 150 valence electrons. The summed E-state index contributed by atoms with van der Waals surface area (Å²) in [5.74, 6) is 1.76. The Balaban J connectivity index is 1.12. The second-order valence-corrected chi connectivity index (χ2v) is 9.56. The minimum absolute atomic E-state index is 0.0305. The van der Waals surface area contributed by atoms with Crippen molar-refractivity contribution in [2.24, 2.45) is 41.4 Å². The highest BCUT2D eigenvalue weighted by atomic mass is 16.2. The molecular weight excluding hydrogens is 364 g/mol. The lowest BCUT2D eigenvalue weighted by atomic mass is 9.63. The molecule has 0 unspecified atom stereocenters. The normalized spacial score (nSPS) is 41.9. The smallest absolute Gasteiger partial charge is 0.233 e. The SMILES string of the molecule is O=C(Nc1ccccc1)C1CCC(N2C(=O)[C@@H]3[C@H]4C=C[C@H]([C@H]5C[C@H]45)[C@@H]3C2=O)CC1. The molecule has 6 aliphatic rings. The molecule has 0 radical (unpaired) electrons. The molecule has 3 saturated carbocycles. The van der Waals surface area contributed by atoms with Gasteiger partial charge in [-0.05, 0) is 67.9 Å². The van der Waals surface area contributed by atoms with Gasteiger partial charge in [-0.3, -0.25) is 19.3 Å². The molecule has 2 bridgehead atoms. The Morgan fingerprint density at radius 3 is 2.03 bits per heavy atom. The first-order valence-electron chi connectivity index (χ1n) is 11.0. The summed E-state index contributed by atoms with van der Waals surface area (Å²) >= 11 is 0. The van der Waals surface area contributed by atoms with Crippen molar-refractivity contribution in [1.29, 1.82) is 0 Å². The van der Waals surface area contributed by atoms with Gasteiger partial charge in [-0.1, -0.05) is 30.4 Å². The van der Waals surface area contributed by atoms with Crippen molar-refractivity contribution in [3.05, 3.63) is 42.5 Å². The van der Waals surface area contributed by atoms with E-state index in [4.69, 9.17) is 0 Å². The Morgan fingerprint density at radius 1 is 0.862 bits per heavy atom. The number of benzene rings is 1. The quantitative estimate of drug-likeness (QED) is 0.636. The number of carbonyl (C=O) groups excluding carboxylic acids is 3. The molecule has 1 aromatic carbocycles. The second kappa shape index (κ2) is 6.28. The fraction of sp³-hybridized carbons (Fsp3) is 0.542. The zero-order chi connectivity index (χ0) is 19.7. The van der Waals surface area contributed by atoms with Crippen LogP contribution >= 0.6 is 0 Å². The maximum Gasteiger partial charge on any atom is 0.233 e. The van der Waals surface area contributed by atoms with E-state index in [-0.39, 0.29) is 53.4 Å². The lowest BCUT2D eigenvalue weighted by Gasteiger charge is -2.37. The first kappa shape index (κ1) is 17.4. The van der Waals surface area contributed by atoms with Gasteiger partial charge in [0.25, 0.3) is 0 Å². The van der Waals surface area contributed by atoms with E-state index in [1.807, 2.05) is 30.3 Å². The lowest BCUT2D eigenvalue weighted by Crippen LogP contribution is -2.44. The van der Waals surface area contributed by atoms with E-state index in [1.165, 1.54) is 6.42 Å². The number of nitrogens with one attached hydrogen (secondary N) is 1. The van der Waals surface area contributed by atoms with Gasteiger partial charge in [0, 0.05) is 17.6 Å². The number of rotatable bonds is 3. The van der Waals surface area contributed by atoms with Gasteiger partial charge >= 0.3 is 0 Å². The number of likely N-dealkylation sites (tertiary alicyclic amines) is 1. The van der Waals surface area contributed by atoms with E-state index in [0.717, 1.165) is 31.4 Å². The summed E-state index contributed by atoms with van der Waals surface area (Å²) in [6, 6.07) is 9.48. The molecule has 1 aliphatic heterocycles. The van der Waals surface area contributed by atoms with Crippen LogP contribution in [0.5, 0.6) is 0 Å². The molecule has 0 aromatic heterocycles. The van der Waals surface area contributed by atoms with Crippen molar-refractivity contribution in [3.8, 4) is 0 Å². The number of anilines is 1. The third-order valence-corrected chi connectivity index (χ3v) is 8.17. The van der Waals surface area contributed by atoms with E-state index in [9.17, 15) is 14.4 Å². The number of hydrogen-bond acceptors (Lipinski definition) is 3. The largest absolute Gasteiger partial charge is 0.326 e. The molecule has 5 nitrogen and oxygen atoms in total. The van der Waals surface area contributed by atoms with Gasteiger partial charge in [-0.15, -0.1) is 0 Å². The monoisotopic (exact) mass is 390 g/mol. The van der Waals surface area contributed by atoms with Crippen LogP contribution in [0.2, 0.25) is 0 Å². The van der Waals surface area contributed by atoms with Crippen LogP contribution in [0.15, 0.2) is 42.5 Å². The molecule has 0 spiro atoms. The summed E-state index contributed by atoms with van der Waals surface area (Å²) in [6.45, 7) is 0. The van der Waals surface area contributed by atoms with Gasteiger partial charge in [0.1, 0.15) is 0 Å². The first-order chi connectivity index (χ1) is 14.1. The molecule has 3 amide bonds. The summed E-state index contributed by atoms with van der Waals surface area (Å²) in [5.41, 5.74) is 0.815. The van der Waals surface area contributed by atoms with E-state index < -0.39 is 0 Å². The Hall–Kier alpha value is -2.43. The number of allylic oxidation sites excluding steroid dienone is 2. The zero-order valence-electron chi connectivity index (χ0n) is 16.4. The van der Waals surface area contributed by atoms with Gasteiger partial charge in [0.05, 0.1) is 11.8 Å².